The molecule has 200 valence electrons. The third-order valence-corrected chi connectivity index (χ3v) is 9.37. The first-order valence-corrected chi connectivity index (χ1v) is 14.8. The van der Waals surface area contributed by atoms with Crippen LogP contribution in [0.3, 0.4) is 0 Å². The molecule has 1 aliphatic rings. The number of nitrogens with zero attached hydrogens (tertiary/aromatic N) is 3. The Morgan fingerprint density at radius 3 is 2.02 bits per heavy atom. The SMILES string of the molecule is Cc1nc2cccc3c2n1-c1ccc(-c2ccc4c5cccc6cccc(c7cccc2c74)c65)cc1N3c1ccccc1. The molecule has 0 saturated heterocycles. The maximum absolute atomic E-state index is 4.94. The number of anilines is 3. The average Bonchev–Trinajstić information content (AvgIpc) is 3.40. The van der Waals surface area contributed by atoms with Gasteiger partial charge in [-0.15, -0.1) is 0 Å². The maximum Gasteiger partial charge on any atom is 0.111 e. The molecule has 0 atom stereocenters. The Bertz CT molecular complexity index is 2520. The molecule has 0 saturated carbocycles. The molecule has 3 heteroatoms. The molecule has 0 bridgehead atoms. The minimum absolute atomic E-state index is 0.999. The van der Waals surface area contributed by atoms with Crippen molar-refractivity contribution in [1.29, 1.82) is 0 Å². The van der Waals surface area contributed by atoms with E-state index in [1.807, 2.05) is 0 Å². The molecule has 10 rings (SSSR count). The van der Waals surface area contributed by atoms with Crippen molar-refractivity contribution in [2.75, 3.05) is 4.90 Å². The van der Waals surface area contributed by atoms with Crippen LogP contribution in [0.2, 0.25) is 0 Å². The van der Waals surface area contributed by atoms with Gasteiger partial charge in [0.1, 0.15) is 5.82 Å². The van der Waals surface area contributed by atoms with Crippen LogP contribution < -0.4 is 4.90 Å². The van der Waals surface area contributed by atoms with Crippen molar-refractivity contribution in [3.63, 3.8) is 0 Å². The molecule has 43 heavy (non-hydrogen) atoms. The molecular formula is C40H25N3. The van der Waals surface area contributed by atoms with Gasteiger partial charge in [-0.1, -0.05) is 97.1 Å². The standard InChI is InChI=1S/C40H25N3/c1-24-41-34-17-8-18-36-40(34)42(24)35-22-19-26(23-37(35)43(36)27-11-3-2-4-12-27)28-20-21-33-31-14-6-10-25-9-5-13-30(38(25)31)32-16-7-15-29(28)39(32)33/h2-23H,1H3. The molecule has 1 aliphatic heterocycles. The summed E-state index contributed by atoms with van der Waals surface area (Å²) in [5.41, 5.74) is 9.21. The Kier molecular flexibility index (Phi) is 4.38. The molecule has 0 fully saturated rings. The molecule has 0 radical (unpaired) electrons. The van der Waals surface area contributed by atoms with Gasteiger partial charge in [-0.05, 0) is 97.5 Å². The van der Waals surface area contributed by atoms with Crippen LogP contribution in [0.4, 0.5) is 17.1 Å². The number of benzene rings is 8. The van der Waals surface area contributed by atoms with Crippen LogP contribution in [0.15, 0.2) is 133 Å². The van der Waals surface area contributed by atoms with Gasteiger partial charge in [-0.3, -0.25) is 4.57 Å². The van der Waals surface area contributed by atoms with Crippen molar-refractivity contribution in [3.05, 3.63) is 139 Å². The fraction of sp³-hybridized carbons (Fsp3) is 0.0250. The normalized spacial score (nSPS) is 12.7. The van der Waals surface area contributed by atoms with E-state index in [-0.39, 0.29) is 0 Å². The van der Waals surface area contributed by atoms with Crippen molar-refractivity contribution >= 4 is 71.2 Å². The van der Waals surface area contributed by atoms with Crippen LogP contribution in [0.25, 0.3) is 70.9 Å². The fourth-order valence-corrected chi connectivity index (χ4v) is 7.64. The van der Waals surface area contributed by atoms with Gasteiger partial charge in [-0.2, -0.15) is 0 Å². The summed E-state index contributed by atoms with van der Waals surface area (Å²) in [6.07, 6.45) is 0. The second kappa shape index (κ2) is 8.21. The van der Waals surface area contributed by atoms with Crippen molar-refractivity contribution in [2.24, 2.45) is 0 Å². The second-order valence-corrected chi connectivity index (χ2v) is 11.6. The van der Waals surface area contributed by atoms with Crippen LogP contribution in [0.5, 0.6) is 0 Å². The first-order chi connectivity index (χ1) is 21.3. The van der Waals surface area contributed by atoms with E-state index in [0.29, 0.717) is 0 Å². The highest BCUT2D eigenvalue weighted by Gasteiger charge is 2.28. The van der Waals surface area contributed by atoms with Crippen LogP contribution in [0, 0.1) is 6.92 Å². The van der Waals surface area contributed by atoms with Crippen molar-refractivity contribution in [2.45, 2.75) is 6.92 Å². The summed E-state index contributed by atoms with van der Waals surface area (Å²) >= 11 is 0. The van der Waals surface area contributed by atoms with Gasteiger partial charge in [0.2, 0.25) is 0 Å². The summed E-state index contributed by atoms with van der Waals surface area (Å²) < 4.78 is 2.32. The van der Waals surface area contributed by atoms with E-state index in [0.717, 1.165) is 39.6 Å². The Balaban J connectivity index is 1.28. The van der Waals surface area contributed by atoms with Gasteiger partial charge in [-0.25, -0.2) is 4.98 Å². The predicted molar refractivity (Wildman–Crippen MR) is 181 cm³/mol. The molecule has 1 aromatic heterocycles. The van der Waals surface area contributed by atoms with Crippen LogP contribution in [-0.4, -0.2) is 9.55 Å². The van der Waals surface area contributed by atoms with E-state index in [1.54, 1.807) is 0 Å². The van der Waals surface area contributed by atoms with Gasteiger partial charge in [0, 0.05) is 5.69 Å². The number of aryl methyl sites for hydroxylation is 1. The summed E-state index contributed by atoms with van der Waals surface area (Å²) in [6.45, 7) is 2.10. The summed E-state index contributed by atoms with van der Waals surface area (Å²) in [5, 5.41) is 10.5. The predicted octanol–water partition coefficient (Wildman–Crippen LogP) is 10.8. The minimum Gasteiger partial charge on any atom is -0.306 e. The molecular weight excluding hydrogens is 522 g/mol. The Hall–Kier alpha value is -5.67. The molecule has 0 spiro atoms. The highest BCUT2D eigenvalue weighted by molar-refractivity contribution is 6.34. The molecule has 8 aromatic carbocycles. The Morgan fingerprint density at radius 2 is 1.21 bits per heavy atom. The smallest absolute Gasteiger partial charge is 0.111 e. The van der Waals surface area contributed by atoms with E-state index >= 15 is 0 Å². The number of rotatable bonds is 2. The zero-order chi connectivity index (χ0) is 28.2. The highest BCUT2D eigenvalue weighted by atomic mass is 15.2. The summed E-state index contributed by atoms with van der Waals surface area (Å²) in [5.74, 6) is 0.999. The first kappa shape index (κ1) is 23.0. The van der Waals surface area contributed by atoms with Crippen LogP contribution in [-0.2, 0) is 0 Å². The molecule has 0 amide bonds. The number of fused-ring (bicyclic) bond motifs is 4. The highest BCUT2D eigenvalue weighted by Crippen LogP contribution is 2.49. The molecule has 0 N–H and O–H groups in total. The van der Waals surface area contributed by atoms with Gasteiger partial charge < -0.3 is 4.90 Å². The van der Waals surface area contributed by atoms with Crippen molar-refractivity contribution < 1.29 is 0 Å². The zero-order valence-corrected chi connectivity index (χ0v) is 23.5. The molecule has 0 aliphatic carbocycles. The second-order valence-electron chi connectivity index (χ2n) is 11.6. The number of hydrogen-bond donors (Lipinski definition) is 0. The lowest BCUT2D eigenvalue weighted by Crippen LogP contribution is -2.18. The van der Waals surface area contributed by atoms with Gasteiger partial charge in [0.15, 0.2) is 0 Å². The summed E-state index contributed by atoms with van der Waals surface area (Å²) in [7, 11) is 0. The number of hydrogen-bond acceptors (Lipinski definition) is 2. The number of aromatic nitrogens is 2. The lowest BCUT2D eigenvalue weighted by atomic mass is 9.87. The molecule has 9 aromatic rings. The molecule has 0 unspecified atom stereocenters. The van der Waals surface area contributed by atoms with Gasteiger partial charge in [0.05, 0.1) is 28.1 Å². The summed E-state index contributed by atoms with van der Waals surface area (Å²) in [4.78, 5) is 7.33. The Labute approximate surface area is 248 Å². The maximum atomic E-state index is 4.94. The van der Waals surface area contributed by atoms with Crippen LogP contribution >= 0.6 is 0 Å². The number of imidazole rings is 1. The van der Waals surface area contributed by atoms with E-state index in [1.165, 1.54) is 54.2 Å². The van der Waals surface area contributed by atoms with E-state index in [9.17, 15) is 0 Å². The van der Waals surface area contributed by atoms with Gasteiger partial charge >= 0.3 is 0 Å². The largest absolute Gasteiger partial charge is 0.306 e. The lowest BCUT2D eigenvalue weighted by molar-refractivity contribution is 0.982. The third-order valence-electron chi connectivity index (χ3n) is 9.37. The molecule has 2 heterocycles. The lowest BCUT2D eigenvalue weighted by Gasteiger charge is -2.33. The fourth-order valence-electron chi connectivity index (χ4n) is 7.64. The monoisotopic (exact) mass is 547 g/mol. The van der Waals surface area contributed by atoms with Crippen molar-refractivity contribution in [3.8, 4) is 16.8 Å². The zero-order valence-electron chi connectivity index (χ0n) is 23.5. The van der Waals surface area contributed by atoms with Crippen LogP contribution in [0.1, 0.15) is 5.82 Å². The van der Waals surface area contributed by atoms with Crippen molar-refractivity contribution in [1.82, 2.24) is 9.55 Å². The topological polar surface area (TPSA) is 21.1 Å². The third kappa shape index (κ3) is 2.96. The van der Waals surface area contributed by atoms with Gasteiger partial charge in [0.25, 0.3) is 0 Å². The average molecular weight is 548 g/mol. The van der Waals surface area contributed by atoms with E-state index in [2.05, 4.69) is 150 Å². The minimum atomic E-state index is 0.999. The van der Waals surface area contributed by atoms with E-state index < -0.39 is 0 Å². The summed E-state index contributed by atoms with van der Waals surface area (Å²) in [6, 6.07) is 48.8. The molecule has 3 nitrogen and oxygen atoms in total. The first-order valence-electron chi connectivity index (χ1n) is 14.8. The van der Waals surface area contributed by atoms with E-state index in [4.69, 9.17) is 4.98 Å². The number of para-hydroxylation sites is 2. The quantitative estimate of drug-likeness (QED) is 0.159. The Morgan fingerprint density at radius 1 is 0.512 bits per heavy atom.